The van der Waals surface area contributed by atoms with Crippen molar-refractivity contribution in [2.75, 3.05) is 19.0 Å². The summed E-state index contributed by atoms with van der Waals surface area (Å²) in [6.45, 7) is 0.158. The number of methoxy groups -OCH3 is 1. The second kappa shape index (κ2) is 8.47. The molecule has 0 unspecified atom stereocenters. The molecule has 0 aliphatic heterocycles. The van der Waals surface area contributed by atoms with Crippen molar-refractivity contribution >= 4 is 46.4 Å². The first kappa shape index (κ1) is 18.0. The molecule has 2 N–H and O–H groups in total. The highest BCUT2D eigenvalue weighted by molar-refractivity contribution is 7.12. The van der Waals surface area contributed by atoms with Crippen LogP contribution in [-0.4, -0.2) is 31.4 Å². The molecule has 0 spiro atoms. The Morgan fingerprint density at radius 3 is 2.67 bits per heavy atom. The molecule has 2 amide bonds. The highest BCUT2D eigenvalue weighted by Crippen LogP contribution is 2.24. The number of hydrogen-bond acceptors (Lipinski definition) is 5. The maximum Gasteiger partial charge on any atom is 0.307 e. The van der Waals surface area contributed by atoms with Crippen LogP contribution in [0.1, 0.15) is 26.5 Å². The molecular formula is C16H15ClN2O4S. The van der Waals surface area contributed by atoms with Gasteiger partial charge in [-0.1, -0.05) is 17.7 Å². The molecule has 0 radical (unpaired) electrons. The number of carbonyl (C=O) groups excluding carboxylic acids is 3. The van der Waals surface area contributed by atoms with Crippen molar-refractivity contribution < 1.29 is 19.1 Å². The maximum absolute atomic E-state index is 12.1. The predicted octanol–water partition coefficient (Wildman–Crippen LogP) is 2.95. The Bertz CT molecular complexity index is 747. The molecule has 0 saturated heterocycles. The molecule has 0 fully saturated rings. The van der Waals surface area contributed by atoms with Gasteiger partial charge >= 0.3 is 5.97 Å². The van der Waals surface area contributed by atoms with Crippen LogP contribution in [0, 0.1) is 0 Å². The Morgan fingerprint density at radius 2 is 2.00 bits per heavy atom. The minimum absolute atomic E-state index is 0.0812. The molecular weight excluding hydrogens is 352 g/mol. The SMILES string of the molecule is COC(=O)CCNC(=O)c1ccc(Cl)c(NC(=O)c2cccs2)c1. The smallest absolute Gasteiger partial charge is 0.307 e. The topological polar surface area (TPSA) is 84.5 Å². The highest BCUT2D eigenvalue weighted by atomic mass is 35.5. The van der Waals surface area contributed by atoms with Gasteiger partial charge in [0.15, 0.2) is 0 Å². The van der Waals surface area contributed by atoms with Gasteiger partial charge in [0, 0.05) is 12.1 Å². The van der Waals surface area contributed by atoms with E-state index < -0.39 is 5.97 Å². The summed E-state index contributed by atoms with van der Waals surface area (Å²) in [4.78, 5) is 35.7. The lowest BCUT2D eigenvalue weighted by Gasteiger charge is -2.09. The van der Waals surface area contributed by atoms with E-state index in [2.05, 4.69) is 15.4 Å². The summed E-state index contributed by atoms with van der Waals surface area (Å²) in [7, 11) is 1.28. The number of ether oxygens (including phenoxy) is 1. The number of benzene rings is 1. The minimum Gasteiger partial charge on any atom is -0.469 e. The van der Waals surface area contributed by atoms with Crippen molar-refractivity contribution in [2.45, 2.75) is 6.42 Å². The van der Waals surface area contributed by atoms with Crippen LogP contribution in [0.5, 0.6) is 0 Å². The fourth-order valence-corrected chi connectivity index (χ4v) is 2.62. The van der Waals surface area contributed by atoms with Crippen LogP contribution >= 0.6 is 22.9 Å². The number of esters is 1. The van der Waals surface area contributed by atoms with Gasteiger partial charge in [-0.15, -0.1) is 11.3 Å². The van der Waals surface area contributed by atoms with Gasteiger partial charge in [0.25, 0.3) is 11.8 Å². The van der Waals surface area contributed by atoms with Crippen molar-refractivity contribution in [3.63, 3.8) is 0 Å². The Kier molecular flexibility index (Phi) is 6.34. The van der Waals surface area contributed by atoms with E-state index in [0.717, 1.165) is 0 Å². The minimum atomic E-state index is -0.407. The van der Waals surface area contributed by atoms with E-state index in [1.165, 1.54) is 36.6 Å². The average molecular weight is 367 g/mol. The lowest BCUT2D eigenvalue weighted by molar-refractivity contribution is -0.140. The second-order valence-electron chi connectivity index (χ2n) is 4.71. The van der Waals surface area contributed by atoms with Gasteiger partial charge in [-0.3, -0.25) is 14.4 Å². The molecule has 126 valence electrons. The Labute approximate surface area is 147 Å². The number of hydrogen-bond donors (Lipinski definition) is 2. The highest BCUT2D eigenvalue weighted by Gasteiger charge is 2.13. The average Bonchev–Trinajstić information content (AvgIpc) is 3.11. The van der Waals surface area contributed by atoms with Crippen LogP contribution in [0.15, 0.2) is 35.7 Å². The van der Waals surface area contributed by atoms with Gasteiger partial charge in [-0.2, -0.15) is 0 Å². The zero-order valence-corrected chi connectivity index (χ0v) is 14.4. The Morgan fingerprint density at radius 1 is 1.21 bits per heavy atom. The van der Waals surface area contributed by atoms with E-state index in [1.807, 2.05) is 0 Å². The largest absolute Gasteiger partial charge is 0.469 e. The normalized spacial score (nSPS) is 10.1. The molecule has 1 aromatic carbocycles. The predicted molar refractivity (Wildman–Crippen MR) is 92.7 cm³/mol. The third-order valence-electron chi connectivity index (χ3n) is 3.06. The zero-order chi connectivity index (χ0) is 17.5. The third-order valence-corrected chi connectivity index (χ3v) is 4.26. The summed E-state index contributed by atoms with van der Waals surface area (Å²) < 4.78 is 4.50. The number of amides is 2. The zero-order valence-electron chi connectivity index (χ0n) is 12.8. The quantitative estimate of drug-likeness (QED) is 0.770. The lowest BCUT2D eigenvalue weighted by atomic mass is 10.2. The van der Waals surface area contributed by atoms with Crippen LogP contribution in [-0.2, 0) is 9.53 Å². The number of halogens is 1. The van der Waals surface area contributed by atoms with Gasteiger partial charge in [-0.25, -0.2) is 0 Å². The molecule has 0 aliphatic carbocycles. The van der Waals surface area contributed by atoms with Gasteiger partial charge < -0.3 is 15.4 Å². The first-order chi connectivity index (χ1) is 11.5. The number of nitrogens with one attached hydrogen (secondary N) is 2. The van der Waals surface area contributed by atoms with Crippen LogP contribution in [0.25, 0.3) is 0 Å². The van der Waals surface area contributed by atoms with Gasteiger partial charge in [0.05, 0.1) is 29.1 Å². The fraction of sp³-hybridized carbons (Fsp3) is 0.188. The number of rotatable bonds is 6. The summed E-state index contributed by atoms with van der Waals surface area (Å²) in [5.74, 6) is -1.08. The third kappa shape index (κ3) is 4.81. The standard InChI is InChI=1S/C16H15ClN2O4S/c1-23-14(20)6-7-18-15(21)10-4-5-11(17)12(9-10)19-16(22)13-3-2-8-24-13/h2-5,8-9H,6-7H2,1H3,(H,18,21)(H,19,22). The summed E-state index contributed by atoms with van der Waals surface area (Å²) in [5.41, 5.74) is 0.668. The van der Waals surface area contributed by atoms with Crippen LogP contribution in [0.2, 0.25) is 5.02 Å². The molecule has 2 aromatic rings. The molecule has 0 bridgehead atoms. The number of carbonyl (C=O) groups is 3. The molecule has 0 aliphatic rings. The van der Waals surface area contributed by atoms with Gasteiger partial charge in [0.2, 0.25) is 0 Å². The van der Waals surface area contributed by atoms with E-state index in [9.17, 15) is 14.4 Å². The summed E-state index contributed by atoms with van der Waals surface area (Å²) in [5, 5.41) is 7.39. The molecule has 24 heavy (non-hydrogen) atoms. The van der Waals surface area contributed by atoms with Crippen molar-refractivity contribution in [2.24, 2.45) is 0 Å². The Hall–Kier alpha value is -2.38. The fourth-order valence-electron chi connectivity index (χ4n) is 1.84. The first-order valence-corrected chi connectivity index (χ1v) is 8.26. The van der Waals surface area contributed by atoms with Crippen molar-refractivity contribution in [1.82, 2.24) is 5.32 Å². The lowest BCUT2D eigenvalue weighted by Crippen LogP contribution is -2.26. The van der Waals surface area contributed by atoms with E-state index in [0.29, 0.717) is 21.2 Å². The molecule has 8 heteroatoms. The molecule has 6 nitrogen and oxygen atoms in total. The van der Waals surface area contributed by atoms with E-state index >= 15 is 0 Å². The molecule has 1 heterocycles. The van der Waals surface area contributed by atoms with Crippen molar-refractivity contribution in [1.29, 1.82) is 0 Å². The monoisotopic (exact) mass is 366 g/mol. The summed E-state index contributed by atoms with van der Waals surface area (Å²) in [6, 6.07) is 8.02. The van der Waals surface area contributed by atoms with Gasteiger partial charge in [0.1, 0.15) is 0 Å². The van der Waals surface area contributed by atoms with E-state index in [1.54, 1.807) is 17.5 Å². The van der Waals surface area contributed by atoms with E-state index in [4.69, 9.17) is 11.6 Å². The van der Waals surface area contributed by atoms with Crippen LogP contribution in [0.4, 0.5) is 5.69 Å². The van der Waals surface area contributed by atoms with E-state index in [-0.39, 0.29) is 24.8 Å². The van der Waals surface area contributed by atoms with Crippen molar-refractivity contribution in [3.8, 4) is 0 Å². The molecule has 2 rings (SSSR count). The van der Waals surface area contributed by atoms with Crippen molar-refractivity contribution in [3.05, 3.63) is 51.2 Å². The summed E-state index contributed by atoms with van der Waals surface area (Å²) in [6.07, 6.45) is 0.0812. The Balaban J connectivity index is 2.03. The maximum atomic E-state index is 12.1. The first-order valence-electron chi connectivity index (χ1n) is 7.00. The second-order valence-corrected chi connectivity index (χ2v) is 6.06. The molecule has 1 aromatic heterocycles. The van der Waals surface area contributed by atoms with Crippen LogP contribution < -0.4 is 10.6 Å². The summed E-state index contributed by atoms with van der Waals surface area (Å²) >= 11 is 7.37. The van der Waals surface area contributed by atoms with Crippen LogP contribution in [0.3, 0.4) is 0 Å². The molecule has 0 atom stereocenters. The number of anilines is 1. The molecule has 0 saturated carbocycles. The van der Waals surface area contributed by atoms with Gasteiger partial charge in [-0.05, 0) is 29.6 Å². The number of thiophene rings is 1.